The molecule has 0 saturated carbocycles. The van der Waals surface area contributed by atoms with Crippen LogP contribution in [0.5, 0.6) is 0 Å². The molecule has 0 bridgehead atoms. The van der Waals surface area contributed by atoms with Crippen LogP contribution in [0.1, 0.15) is 40.5 Å². The molecule has 0 aliphatic carbocycles. The Morgan fingerprint density at radius 1 is 0.677 bits per heavy atom. The van der Waals surface area contributed by atoms with Crippen LogP contribution in [0.25, 0.3) is 0 Å². The van der Waals surface area contributed by atoms with Crippen molar-refractivity contribution in [3.8, 4) is 0 Å². The van der Waals surface area contributed by atoms with E-state index in [-0.39, 0.29) is 25.5 Å². The van der Waals surface area contributed by atoms with Crippen molar-refractivity contribution in [2.45, 2.75) is 58.0 Å². The van der Waals surface area contributed by atoms with E-state index in [4.69, 9.17) is 23.5 Å². The van der Waals surface area contributed by atoms with E-state index in [2.05, 4.69) is 0 Å². The zero-order valence-corrected chi connectivity index (χ0v) is 21.1. The molecule has 0 aliphatic rings. The maximum atomic E-state index is 11.8. The molecule has 0 aromatic carbocycles. The number of aliphatic hydroxyl groups excluding tert-OH is 1. The van der Waals surface area contributed by atoms with Gasteiger partial charge < -0.3 is 38.4 Å². The number of rotatable bonds is 21. The number of aliphatic hydroxyl groups is 1. The Morgan fingerprint density at radius 3 is 1.65 bits per heavy atom. The number of ether oxygens (including phenoxy) is 4. The van der Waals surface area contributed by atoms with Gasteiger partial charge >= 0.3 is 7.60 Å². The van der Waals surface area contributed by atoms with Crippen molar-refractivity contribution in [1.82, 2.24) is 0 Å². The molecular weight excluding hydrogens is 450 g/mol. The van der Waals surface area contributed by atoms with Crippen molar-refractivity contribution in [3.63, 3.8) is 0 Å². The number of hydrogen-bond donors (Lipinski definition) is 3. The lowest BCUT2D eigenvalue weighted by atomic mass is 10.4. The fourth-order valence-corrected chi connectivity index (χ4v) is 3.95. The molecule has 0 aliphatic heterocycles. The summed E-state index contributed by atoms with van der Waals surface area (Å²) in [6.07, 6.45) is 0.776. The zero-order chi connectivity index (χ0) is 23.8. The fourth-order valence-electron chi connectivity index (χ4n) is 2.07. The average molecular weight is 492 g/mol. The van der Waals surface area contributed by atoms with E-state index in [1.54, 1.807) is 27.7 Å². The van der Waals surface area contributed by atoms with Gasteiger partial charge in [-0.05, 0) is 12.8 Å². The van der Waals surface area contributed by atoms with Gasteiger partial charge in [-0.2, -0.15) is 0 Å². The first-order valence-electron chi connectivity index (χ1n) is 10.8. The molecule has 3 N–H and O–H groups in total. The van der Waals surface area contributed by atoms with Crippen LogP contribution in [-0.4, -0.2) is 97.9 Å². The minimum Gasteiger partial charge on any atom is -0.388 e. The van der Waals surface area contributed by atoms with E-state index in [0.717, 1.165) is 6.42 Å². The van der Waals surface area contributed by atoms with Gasteiger partial charge in [0, 0.05) is 18.4 Å². The Labute approximate surface area is 186 Å². The minimum atomic E-state index is -3.68. The predicted molar refractivity (Wildman–Crippen MR) is 119 cm³/mol. The van der Waals surface area contributed by atoms with Gasteiger partial charge in [0.25, 0.3) is 0 Å². The highest BCUT2D eigenvalue weighted by molar-refractivity contribution is 7.58. The molecule has 12 heteroatoms. The highest BCUT2D eigenvalue weighted by Crippen LogP contribution is 2.47. The lowest BCUT2D eigenvalue weighted by Gasteiger charge is -2.18. The average Bonchev–Trinajstić information content (AvgIpc) is 2.69. The normalized spacial score (nSPS) is 17.1. The maximum Gasteiger partial charge on any atom is 0.330 e. The van der Waals surface area contributed by atoms with Crippen molar-refractivity contribution in [3.05, 3.63) is 0 Å². The van der Waals surface area contributed by atoms with Gasteiger partial charge in [-0.3, -0.25) is 9.13 Å². The molecule has 0 aromatic rings. The van der Waals surface area contributed by atoms with Gasteiger partial charge in [0.1, 0.15) is 6.10 Å². The zero-order valence-electron chi connectivity index (χ0n) is 19.3. The minimum absolute atomic E-state index is 0.0113. The highest BCUT2D eigenvalue weighted by Gasteiger charge is 2.25. The topological polar surface area (TPSA) is 141 Å². The van der Waals surface area contributed by atoms with E-state index < -0.39 is 26.7 Å². The monoisotopic (exact) mass is 492 g/mol. The molecule has 0 radical (unpaired) electrons. The number of hydrogen-bond acceptors (Lipinski definition) is 8. The second kappa shape index (κ2) is 17.6. The molecule has 0 fully saturated rings. The van der Waals surface area contributed by atoms with E-state index in [0.29, 0.717) is 52.2 Å². The third kappa shape index (κ3) is 17.3. The van der Waals surface area contributed by atoms with Crippen LogP contribution in [0.2, 0.25) is 0 Å². The van der Waals surface area contributed by atoms with Crippen LogP contribution in [0.15, 0.2) is 0 Å². The molecule has 0 aromatic heterocycles. The van der Waals surface area contributed by atoms with Gasteiger partial charge in [0.2, 0.25) is 7.37 Å². The maximum absolute atomic E-state index is 11.8. The van der Waals surface area contributed by atoms with Crippen molar-refractivity contribution in [2.75, 3.05) is 65.6 Å². The summed E-state index contributed by atoms with van der Waals surface area (Å²) in [4.78, 5) is 19.2. The lowest BCUT2D eigenvalue weighted by molar-refractivity contribution is -0.0252. The van der Waals surface area contributed by atoms with Crippen LogP contribution in [0.3, 0.4) is 0 Å². The van der Waals surface area contributed by atoms with Gasteiger partial charge in [-0.1, -0.05) is 27.7 Å². The van der Waals surface area contributed by atoms with E-state index in [1.807, 2.05) is 0 Å². The van der Waals surface area contributed by atoms with E-state index in [1.165, 1.54) is 0 Å². The van der Waals surface area contributed by atoms with Gasteiger partial charge in [-0.15, -0.1) is 0 Å². The standard InChI is InChI=1S/C19H42O10P2/c1-17(2)30(21,22)14-6-5-7-25-8-9-26-10-11-27-12-13-28-15-19(20)16-29-31(23,24)18(3)4/h17-20H,5-16H2,1-4H3,(H,21,22)(H,23,24). The van der Waals surface area contributed by atoms with Crippen molar-refractivity contribution >= 4 is 15.0 Å². The Hall–Kier alpha value is 0.140. The largest absolute Gasteiger partial charge is 0.388 e. The van der Waals surface area contributed by atoms with Crippen molar-refractivity contribution in [2.24, 2.45) is 0 Å². The van der Waals surface area contributed by atoms with Gasteiger partial charge in [0.15, 0.2) is 0 Å². The Morgan fingerprint density at radius 2 is 1.16 bits per heavy atom. The van der Waals surface area contributed by atoms with Crippen LogP contribution in [0.4, 0.5) is 0 Å². The third-order valence-electron chi connectivity index (χ3n) is 4.35. The summed E-state index contributed by atoms with van der Waals surface area (Å²) in [5, 5.41) is 9.66. The highest BCUT2D eigenvalue weighted by atomic mass is 31.2. The van der Waals surface area contributed by atoms with Gasteiger partial charge in [-0.25, -0.2) is 0 Å². The van der Waals surface area contributed by atoms with Crippen molar-refractivity contribution in [1.29, 1.82) is 0 Å². The number of unbranched alkanes of at least 4 members (excludes halogenated alkanes) is 1. The summed E-state index contributed by atoms with van der Waals surface area (Å²) < 4.78 is 49.6. The quantitative estimate of drug-likeness (QED) is 0.162. The molecule has 10 nitrogen and oxygen atoms in total. The van der Waals surface area contributed by atoms with Crippen LogP contribution in [-0.2, 0) is 32.6 Å². The van der Waals surface area contributed by atoms with Crippen molar-refractivity contribution < 1.29 is 47.5 Å². The summed E-state index contributed by atoms with van der Waals surface area (Å²) >= 11 is 0. The molecule has 188 valence electrons. The van der Waals surface area contributed by atoms with E-state index >= 15 is 0 Å². The Balaban J connectivity index is 3.37. The first-order chi connectivity index (χ1) is 14.5. The summed E-state index contributed by atoms with van der Waals surface area (Å²) in [6.45, 7) is 9.29. The second-order valence-corrected chi connectivity index (χ2v) is 13.2. The molecule has 3 unspecified atom stereocenters. The third-order valence-corrected chi connectivity index (χ3v) is 8.75. The van der Waals surface area contributed by atoms with E-state index in [9.17, 15) is 24.0 Å². The molecule has 0 spiro atoms. The predicted octanol–water partition coefficient (Wildman–Crippen LogP) is 2.48. The molecule has 0 rings (SSSR count). The molecule has 0 amide bonds. The molecule has 3 atom stereocenters. The molecule has 0 saturated heterocycles. The summed E-state index contributed by atoms with van der Waals surface area (Å²) in [5.41, 5.74) is -0.717. The first-order valence-corrected chi connectivity index (χ1v) is 14.3. The van der Waals surface area contributed by atoms with Crippen LogP contribution < -0.4 is 0 Å². The molecular formula is C19H42O10P2. The Kier molecular flexibility index (Phi) is 17.7. The second-order valence-electron chi connectivity index (χ2n) is 7.80. The molecule has 0 heterocycles. The summed E-state index contributed by atoms with van der Waals surface area (Å²) in [7, 11) is -6.69. The lowest BCUT2D eigenvalue weighted by Crippen LogP contribution is -2.23. The Bertz CT molecular complexity index is 530. The SMILES string of the molecule is CC(C)P(=O)(O)CCCCOCCOCCOCCOCC(O)COP(=O)(O)C(C)C. The fraction of sp³-hybridized carbons (Fsp3) is 1.00. The summed E-state index contributed by atoms with van der Waals surface area (Å²) in [5.74, 6) is 0. The summed E-state index contributed by atoms with van der Waals surface area (Å²) in [6, 6.07) is 0. The van der Waals surface area contributed by atoms with Crippen LogP contribution >= 0.6 is 15.0 Å². The molecule has 31 heavy (non-hydrogen) atoms. The van der Waals surface area contributed by atoms with Crippen LogP contribution in [0, 0.1) is 0 Å². The first kappa shape index (κ1) is 31.1. The van der Waals surface area contributed by atoms with Gasteiger partial charge in [0.05, 0.1) is 58.5 Å². The smallest absolute Gasteiger partial charge is 0.330 e.